The zero-order valence-electron chi connectivity index (χ0n) is 12.6. The molecule has 0 aliphatic rings. The third-order valence-electron chi connectivity index (χ3n) is 2.84. The number of nitrogens with zero attached hydrogens (tertiary/aromatic N) is 2. The highest BCUT2D eigenvalue weighted by Crippen LogP contribution is 2.29. The molecule has 5 nitrogen and oxygen atoms in total. The first-order valence-corrected chi connectivity index (χ1v) is 6.93. The standard InChI is InChI=1S/C15H19ClN4O/c1-15(2,3)14-19-12(17)8-13(20-14)18-9-5-6-11(21-4)10(16)7-9/h5-8H,1-4H3,(H3,17,18,19,20). The van der Waals surface area contributed by atoms with Crippen molar-refractivity contribution in [3.63, 3.8) is 0 Å². The Morgan fingerprint density at radius 3 is 2.48 bits per heavy atom. The summed E-state index contributed by atoms with van der Waals surface area (Å²) in [6, 6.07) is 7.11. The minimum atomic E-state index is -0.177. The van der Waals surface area contributed by atoms with E-state index < -0.39 is 0 Å². The first-order valence-electron chi connectivity index (χ1n) is 6.55. The van der Waals surface area contributed by atoms with Crippen LogP contribution in [0.5, 0.6) is 5.75 Å². The van der Waals surface area contributed by atoms with Crippen molar-refractivity contribution in [1.29, 1.82) is 0 Å². The van der Waals surface area contributed by atoms with Gasteiger partial charge in [-0.3, -0.25) is 0 Å². The van der Waals surface area contributed by atoms with Crippen molar-refractivity contribution in [3.8, 4) is 5.75 Å². The molecule has 112 valence electrons. The van der Waals surface area contributed by atoms with E-state index in [0.717, 1.165) is 5.69 Å². The van der Waals surface area contributed by atoms with E-state index in [2.05, 4.69) is 15.3 Å². The first kappa shape index (κ1) is 15.4. The first-order chi connectivity index (χ1) is 9.79. The van der Waals surface area contributed by atoms with E-state index in [4.69, 9.17) is 22.1 Å². The van der Waals surface area contributed by atoms with Crippen LogP contribution in [0.3, 0.4) is 0 Å². The maximum atomic E-state index is 6.11. The molecular formula is C15H19ClN4O. The molecule has 1 aromatic carbocycles. The molecule has 0 spiro atoms. The molecule has 0 aliphatic carbocycles. The molecule has 0 atom stereocenters. The second kappa shape index (κ2) is 5.77. The van der Waals surface area contributed by atoms with E-state index in [-0.39, 0.29) is 5.41 Å². The number of halogens is 1. The second-order valence-corrected chi connectivity index (χ2v) is 6.13. The van der Waals surface area contributed by atoms with Gasteiger partial charge in [-0.15, -0.1) is 0 Å². The van der Waals surface area contributed by atoms with E-state index in [0.29, 0.717) is 28.2 Å². The van der Waals surface area contributed by atoms with Gasteiger partial charge in [0.1, 0.15) is 23.2 Å². The van der Waals surface area contributed by atoms with Crippen molar-refractivity contribution in [2.75, 3.05) is 18.2 Å². The normalized spacial score (nSPS) is 11.3. The number of nitrogens with one attached hydrogen (secondary N) is 1. The molecule has 1 aromatic heterocycles. The maximum Gasteiger partial charge on any atom is 0.138 e. The molecule has 3 N–H and O–H groups in total. The lowest BCUT2D eigenvalue weighted by Gasteiger charge is -2.18. The number of methoxy groups -OCH3 is 1. The molecule has 1 heterocycles. The number of hydrogen-bond acceptors (Lipinski definition) is 5. The van der Waals surface area contributed by atoms with Gasteiger partial charge in [0.25, 0.3) is 0 Å². The number of benzene rings is 1. The van der Waals surface area contributed by atoms with Gasteiger partial charge < -0.3 is 15.8 Å². The van der Waals surface area contributed by atoms with Gasteiger partial charge >= 0.3 is 0 Å². The van der Waals surface area contributed by atoms with Gasteiger partial charge in [-0.2, -0.15) is 0 Å². The van der Waals surface area contributed by atoms with Crippen molar-refractivity contribution in [2.45, 2.75) is 26.2 Å². The van der Waals surface area contributed by atoms with Crippen LogP contribution in [0.15, 0.2) is 24.3 Å². The number of ether oxygens (including phenoxy) is 1. The van der Waals surface area contributed by atoms with E-state index in [1.54, 1.807) is 25.3 Å². The Balaban J connectivity index is 2.31. The highest BCUT2D eigenvalue weighted by molar-refractivity contribution is 6.32. The van der Waals surface area contributed by atoms with Gasteiger partial charge in [0.15, 0.2) is 0 Å². The Labute approximate surface area is 129 Å². The second-order valence-electron chi connectivity index (χ2n) is 5.73. The van der Waals surface area contributed by atoms with Gasteiger partial charge in [-0.05, 0) is 18.2 Å². The summed E-state index contributed by atoms with van der Waals surface area (Å²) in [4.78, 5) is 8.77. The molecular weight excluding hydrogens is 288 g/mol. The fourth-order valence-corrected chi connectivity index (χ4v) is 2.02. The third kappa shape index (κ3) is 3.76. The van der Waals surface area contributed by atoms with Crippen LogP contribution in [0.1, 0.15) is 26.6 Å². The molecule has 0 aliphatic heterocycles. The lowest BCUT2D eigenvalue weighted by Crippen LogP contribution is -2.17. The Kier molecular flexibility index (Phi) is 4.23. The summed E-state index contributed by atoms with van der Waals surface area (Å²) in [7, 11) is 1.58. The largest absolute Gasteiger partial charge is 0.495 e. The highest BCUT2D eigenvalue weighted by Gasteiger charge is 2.18. The Hall–Kier alpha value is -2.01. The van der Waals surface area contributed by atoms with Crippen LogP contribution in [0.2, 0.25) is 5.02 Å². The highest BCUT2D eigenvalue weighted by atomic mass is 35.5. The van der Waals surface area contributed by atoms with Crippen LogP contribution in [0.4, 0.5) is 17.3 Å². The van der Waals surface area contributed by atoms with Crippen molar-refractivity contribution < 1.29 is 4.74 Å². The van der Waals surface area contributed by atoms with Crippen molar-refractivity contribution in [1.82, 2.24) is 9.97 Å². The number of hydrogen-bond donors (Lipinski definition) is 2. The Morgan fingerprint density at radius 1 is 1.19 bits per heavy atom. The molecule has 0 saturated carbocycles. The summed E-state index contributed by atoms with van der Waals surface area (Å²) in [6.07, 6.45) is 0. The summed E-state index contributed by atoms with van der Waals surface area (Å²) in [6.45, 7) is 6.11. The summed E-state index contributed by atoms with van der Waals surface area (Å²) < 4.78 is 5.13. The Morgan fingerprint density at radius 2 is 1.90 bits per heavy atom. The molecule has 0 bridgehead atoms. The van der Waals surface area contributed by atoms with Crippen LogP contribution in [0, 0.1) is 0 Å². The number of nitrogens with two attached hydrogens (primary N) is 1. The average Bonchev–Trinajstić information content (AvgIpc) is 2.37. The molecule has 2 aromatic rings. The van der Waals surface area contributed by atoms with Crippen molar-refractivity contribution in [3.05, 3.63) is 35.1 Å². The molecule has 0 saturated heterocycles. The van der Waals surface area contributed by atoms with Crippen LogP contribution in [-0.4, -0.2) is 17.1 Å². The summed E-state index contributed by atoms with van der Waals surface area (Å²) >= 11 is 6.11. The third-order valence-corrected chi connectivity index (χ3v) is 3.14. The number of anilines is 3. The molecule has 21 heavy (non-hydrogen) atoms. The fraction of sp³-hybridized carbons (Fsp3) is 0.333. The topological polar surface area (TPSA) is 73.1 Å². The smallest absolute Gasteiger partial charge is 0.138 e. The van der Waals surface area contributed by atoms with Crippen molar-refractivity contribution >= 4 is 28.9 Å². The number of nitrogen functional groups attached to an aromatic ring is 1. The van der Waals surface area contributed by atoms with E-state index >= 15 is 0 Å². The predicted molar refractivity (Wildman–Crippen MR) is 86.4 cm³/mol. The lowest BCUT2D eigenvalue weighted by molar-refractivity contribution is 0.415. The van der Waals surface area contributed by atoms with E-state index in [1.807, 2.05) is 26.8 Å². The zero-order chi connectivity index (χ0) is 15.6. The predicted octanol–water partition coefficient (Wildman–Crippen LogP) is 3.76. The summed E-state index contributed by atoms with van der Waals surface area (Å²) in [5.41, 5.74) is 6.48. The fourth-order valence-electron chi connectivity index (χ4n) is 1.76. The average molecular weight is 307 g/mol. The maximum absolute atomic E-state index is 6.11. The molecule has 0 amide bonds. The van der Waals surface area contributed by atoms with Gasteiger partial charge in [0.2, 0.25) is 0 Å². The van der Waals surface area contributed by atoms with Crippen LogP contribution in [0.25, 0.3) is 0 Å². The number of rotatable bonds is 3. The summed E-state index contributed by atoms with van der Waals surface area (Å²) in [5.74, 6) is 2.37. The van der Waals surface area contributed by atoms with Gasteiger partial charge in [-0.25, -0.2) is 9.97 Å². The minimum absolute atomic E-state index is 0.177. The van der Waals surface area contributed by atoms with Gasteiger partial charge in [-0.1, -0.05) is 32.4 Å². The van der Waals surface area contributed by atoms with Gasteiger partial charge in [0, 0.05) is 17.2 Å². The SMILES string of the molecule is COc1ccc(Nc2cc(N)nc(C(C)(C)C)n2)cc1Cl. The van der Waals surface area contributed by atoms with E-state index in [9.17, 15) is 0 Å². The minimum Gasteiger partial charge on any atom is -0.495 e. The van der Waals surface area contributed by atoms with Crippen LogP contribution < -0.4 is 15.8 Å². The molecule has 2 rings (SSSR count). The Bertz CT molecular complexity index is 653. The van der Waals surface area contributed by atoms with Gasteiger partial charge in [0.05, 0.1) is 12.1 Å². The monoisotopic (exact) mass is 306 g/mol. The van der Waals surface area contributed by atoms with E-state index in [1.165, 1.54) is 0 Å². The molecule has 6 heteroatoms. The van der Waals surface area contributed by atoms with Crippen LogP contribution >= 0.6 is 11.6 Å². The quantitative estimate of drug-likeness (QED) is 0.903. The van der Waals surface area contributed by atoms with Crippen LogP contribution in [-0.2, 0) is 5.41 Å². The molecule has 0 radical (unpaired) electrons. The molecule has 0 unspecified atom stereocenters. The molecule has 0 fully saturated rings. The zero-order valence-corrected chi connectivity index (χ0v) is 13.3. The lowest BCUT2D eigenvalue weighted by atomic mass is 9.96. The van der Waals surface area contributed by atoms with Crippen molar-refractivity contribution in [2.24, 2.45) is 0 Å². The summed E-state index contributed by atoms with van der Waals surface area (Å²) in [5, 5.41) is 3.71. The number of aromatic nitrogens is 2.